The Morgan fingerprint density at radius 2 is 2.27 bits per heavy atom. The highest BCUT2D eigenvalue weighted by Gasteiger charge is 2.20. The molecule has 2 aromatic rings. The van der Waals surface area contributed by atoms with E-state index in [1.54, 1.807) is 18.6 Å². The first-order chi connectivity index (χ1) is 12.7. The topological polar surface area (TPSA) is 103 Å². The number of rotatable bonds is 6. The second-order valence-corrected chi connectivity index (χ2v) is 6.22. The van der Waals surface area contributed by atoms with Crippen molar-refractivity contribution in [3.05, 3.63) is 54.3 Å². The van der Waals surface area contributed by atoms with Crippen molar-refractivity contribution >= 4 is 17.8 Å². The number of piperidine rings is 1. The Labute approximate surface area is 152 Å². The summed E-state index contributed by atoms with van der Waals surface area (Å²) in [5.41, 5.74) is 3.29. The van der Waals surface area contributed by atoms with Crippen molar-refractivity contribution in [2.45, 2.75) is 25.4 Å². The van der Waals surface area contributed by atoms with Gasteiger partial charge >= 0.3 is 0 Å². The summed E-state index contributed by atoms with van der Waals surface area (Å²) < 4.78 is 0. The lowest BCUT2D eigenvalue weighted by Gasteiger charge is -2.33. The van der Waals surface area contributed by atoms with Gasteiger partial charge in [-0.2, -0.15) is 0 Å². The first kappa shape index (κ1) is 18.0. The number of amides is 1. The van der Waals surface area contributed by atoms with Crippen LogP contribution in [0.25, 0.3) is 6.08 Å². The number of nitrogens with zero attached hydrogens (tertiary/aromatic N) is 4. The highest BCUT2D eigenvalue weighted by Crippen LogP contribution is 2.16. The molecule has 0 aromatic carbocycles. The van der Waals surface area contributed by atoms with Crippen LogP contribution in [-0.4, -0.2) is 50.1 Å². The van der Waals surface area contributed by atoms with E-state index in [4.69, 9.17) is 5.21 Å². The van der Waals surface area contributed by atoms with Gasteiger partial charge in [-0.25, -0.2) is 10.5 Å². The van der Waals surface area contributed by atoms with Crippen molar-refractivity contribution < 1.29 is 10.0 Å². The molecule has 26 heavy (non-hydrogen) atoms. The molecule has 1 fully saturated rings. The third-order valence-corrected chi connectivity index (χ3v) is 4.17. The zero-order chi connectivity index (χ0) is 18.2. The van der Waals surface area contributed by atoms with Gasteiger partial charge in [0.05, 0.1) is 18.1 Å². The molecule has 2 aromatic heterocycles. The highest BCUT2D eigenvalue weighted by molar-refractivity contribution is 5.90. The first-order valence-electron chi connectivity index (χ1n) is 8.55. The Morgan fingerprint density at radius 1 is 1.35 bits per heavy atom. The van der Waals surface area contributed by atoms with Crippen LogP contribution in [0.1, 0.15) is 24.1 Å². The Hall–Kier alpha value is -2.84. The van der Waals surface area contributed by atoms with E-state index in [0.29, 0.717) is 17.6 Å². The monoisotopic (exact) mass is 354 g/mol. The van der Waals surface area contributed by atoms with Crippen LogP contribution in [0.5, 0.6) is 0 Å². The van der Waals surface area contributed by atoms with Crippen molar-refractivity contribution in [1.82, 2.24) is 25.3 Å². The van der Waals surface area contributed by atoms with Gasteiger partial charge in [-0.3, -0.25) is 24.9 Å². The van der Waals surface area contributed by atoms with E-state index in [-0.39, 0.29) is 0 Å². The molecule has 3 N–H and O–H groups in total. The molecule has 0 bridgehead atoms. The molecule has 1 aliphatic rings. The van der Waals surface area contributed by atoms with Gasteiger partial charge in [-0.15, -0.1) is 0 Å². The summed E-state index contributed by atoms with van der Waals surface area (Å²) in [6.07, 6.45) is 11.8. The molecule has 8 heteroatoms. The van der Waals surface area contributed by atoms with Crippen molar-refractivity contribution in [2.75, 3.05) is 18.4 Å². The fraction of sp³-hybridized carbons (Fsp3) is 0.333. The third kappa shape index (κ3) is 5.33. The van der Waals surface area contributed by atoms with Gasteiger partial charge in [-0.05, 0) is 37.1 Å². The van der Waals surface area contributed by atoms with Gasteiger partial charge < -0.3 is 5.32 Å². The average molecular weight is 354 g/mol. The molecule has 8 nitrogen and oxygen atoms in total. The fourth-order valence-corrected chi connectivity index (χ4v) is 2.97. The van der Waals surface area contributed by atoms with Crippen LogP contribution in [0.2, 0.25) is 0 Å². The SMILES string of the molecule is O=C(C=Cc1cnc(N[C@@H]2CCCN(Cc3cccnc3)C2)cn1)NO. The molecule has 0 aliphatic carbocycles. The Morgan fingerprint density at radius 3 is 3.00 bits per heavy atom. The predicted molar refractivity (Wildman–Crippen MR) is 97.2 cm³/mol. The summed E-state index contributed by atoms with van der Waals surface area (Å²) in [5.74, 6) is 0.104. The number of hydrogen-bond acceptors (Lipinski definition) is 7. The van der Waals surface area contributed by atoms with Crippen LogP contribution in [0.4, 0.5) is 5.82 Å². The lowest BCUT2D eigenvalue weighted by Crippen LogP contribution is -2.41. The van der Waals surface area contributed by atoms with Crippen molar-refractivity contribution in [1.29, 1.82) is 0 Å². The lowest BCUT2D eigenvalue weighted by atomic mass is 10.1. The number of likely N-dealkylation sites (tertiary alicyclic amines) is 1. The zero-order valence-corrected chi connectivity index (χ0v) is 14.4. The van der Waals surface area contributed by atoms with Crippen LogP contribution in [0.3, 0.4) is 0 Å². The predicted octanol–water partition coefficient (Wildman–Crippen LogP) is 1.47. The van der Waals surface area contributed by atoms with E-state index in [2.05, 4.69) is 31.2 Å². The molecule has 0 saturated carbocycles. The third-order valence-electron chi connectivity index (χ3n) is 4.17. The van der Waals surface area contributed by atoms with E-state index in [1.165, 1.54) is 23.2 Å². The van der Waals surface area contributed by atoms with Gasteiger partial charge in [0.2, 0.25) is 0 Å². The fourth-order valence-electron chi connectivity index (χ4n) is 2.97. The number of anilines is 1. The Bertz CT molecular complexity index is 735. The van der Waals surface area contributed by atoms with E-state index < -0.39 is 5.91 Å². The lowest BCUT2D eigenvalue weighted by molar-refractivity contribution is -0.124. The summed E-state index contributed by atoms with van der Waals surface area (Å²) >= 11 is 0. The number of hydrogen-bond donors (Lipinski definition) is 3. The number of pyridine rings is 1. The van der Waals surface area contributed by atoms with Gasteiger partial charge in [0.1, 0.15) is 5.82 Å². The number of carbonyl (C=O) groups is 1. The van der Waals surface area contributed by atoms with Crippen molar-refractivity contribution in [3.8, 4) is 0 Å². The molecule has 3 rings (SSSR count). The summed E-state index contributed by atoms with van der Waals surface area (Å²) in [6.45, 7) is 2.92. The average Bonchev–Trinajstić information content (AvgIpc) is 2.68. The van der Waals surface area contributed by atoms with Crippen molar-refractivity contribution in [2.24, 2.45) is 0 Å². The maximum atomic E-state index is 11.0. The highest BCUT2D eigenvalue weighted by atomic mass is 16.5. The summed E-state index contributed by atoms with van der Waals surface area (Å²) in [5, 5.41) is 11.9. The second-order valence-electron chi connectivity index (χ2n) is 6.22. The molecule has 0 radical (unpaired) electrons. The molecule has 1 amide bonds. The van der Waals surface area contributed by atoms with Crippen LogP contribution in [0, 0.1) is 0 Å². The summed E-state index contributed by atoms with van der Waals surface area (Å²) in [6, 6.07) is 4.38. The van der Waals surface area contributed by atoms with Gasteiger partial charge in [0.25, 0.3) is 5.91 Å². The number of carbonyl (C=O) groups excluding carboxylic acids is 1. The van der Waals surface area contributed by atoms with Gasteiger partial charge in [-0.1, -0.05) is 6.07 Å². The molecule has 0 unspecified atom stereocenters. The second kappa shape index (κ2) is 9.02. The Kier molecular flexibility index (Phi) is 6.24. The van der Waals surface area contributed by atoms with Crippen LogP contribution in [0.15, 0.2) is 43.0 Å². The smallest absolute Gasteiger partial charge is 0.267 e. The van der Waals surface area contributed by atoms with E-state index in [1.807, 2.05) is 12.3 Å². The standard InChI is InChI=1S/C18H22N6O2/c25-18(23-26)6-5-15-10-21-17(11-20-15)22-16-4-2-8-24(13-16)12-14-3-1-7-19-9-14/h1,3,5-7,9-11,16,26H,2,4,8,12-13H2,(H,21,22)(H,23,25)/t16-/m1/s1. The number of aromatic nitrogens is 3. The molecule has 0 spiro atoms. The zero-order valence-electron chi connectivity index (χ0n) is 14.4. The van der Waals surface area contributed by atoms with E-state index in [9.17, 15) is 4.79 Å². The van der Waals surface area contributed by atoms with E-state index in [0.717, 1.165) is 32.5 Å². The van der Waals surface area contributed by atoms with Crippen LogP contribution >= 0.6 is 0 Å². The summed E-state index contributed by atoms with van der Waals surface area (Å²) in [4.78, 5) is 26.1. The van der Waals surface area contributed by atoms with Crippen LogP contribution in [-0.2, 0) is 11.3 Å². The minimum Gasteiger partial charge on any atom is -0.365 e. The number of nitrogens with one attached hydrogen (secondary N) is 2. The maximum absolute atomic E-state index is 11.0. The minimum atomic E-state index is -0.607. The minimum absolute atomic E-state index is 0.316. The molecule has 136 valence electrons. The molecule has 1 saturated heterocycles. The van der Waals surface area contributed by atoms with E-state index >= 15 is 0 Å². The molecular weight excluding hydrogens is 332 g/mol. The van der Waals surface area contributed by atoms with Crippen LogP contribution < -0.4 is 10.8 Å². The van der Waals surface area contributed by atoms with Crippen molar-refractivity contribution in [3.63, 3.8) is 0 Å². The number of hydroxylamine groups is 1. The molecular formula is C18H22N6O2. The van der Waals surface area contributed by atoms with Gasteiger partial charge in [0.15, 0.2) is 0 Å². The maximum Gasteiger partial charge on any atom is 0.267 e. The summed E-state index contributed by atoms with van der Waals surface area (Å²) in [7, 11) is 0. The Balaban J connectivity index is 1.53. The largest absolute Gasteiger partial charge is 0.365 e. The quantitative estimate of drug-likeness (QED) is 0.410. The molecule has 1 atom stereocenters. The van der Waals surface area contributed by atoms with Gasteiger partial charge in [0, 0.05) is 37.6 Å². The first-order valence-corrected chi connectivity index (χ1v) is 8.55. The molecule has 1 aliphatic heterocycles. The normalized spacial score (nSPS) is 18.0. The molecule has 3 heterocycles.